The molecule has 1 aliphatic carbocycles. The number of hydrogen-bond acceptors (Lipinski definition) is 4. The van der Waals surface area contributed by atoms with E-state index in [-0.39, 0.29) is 11.9 Å². The highest BCUT2D eigenvalue weighted by Gasteiger charge is 2.25. The molecule has 1 amide bonds. The molecule has 128 valence electrons. The highest BCUT2D eigenvalue weighted by Crippen LogP contribution is 2.28. The van der Waals surface area contributed by atoms with Crippen LogP contribution in [-0.2, 0) is 11.3 Å². The van der Waals surface area contributed by atoms with Crippen molar-refractivity contribution in [1.82, 2.24) is 5.32 Å². The lowest BCUT2D eigenvalue weighted by atomic mass is 10.00. The van der Waals surface area contributed by atoms with E-state index in [1.165, 1.54) is 5.56 Å². The first-order valence-electron chi connectivity index (χ1n) is 8.40. The first kappa shape index (κ1) is 17.0. The van der Waals surface area contributed by atoms with Crippen LogP contribution in [0.1, 0.15) is 30.6 Å². The van der Waals surface area contributed by atoms with E-state index in [0.29, 0.717) is 18.9 Å². The normalized spacial score (nSPS) is 20.1. The Morgan fingerprint density at radius 3 is 2.75 bits per heavy atom. The van der Waals surface area contributed by atoms with Crippen molar-refractivity contribution < 1.29 is 9.53 Å². The number of hydrogen-bond donors (Lipinski definition) is 2. The van der Waals surface area contributed by atoms with E-state index in [0.717, 1.165) is 35.5 Å². The predicted octanol–water partition coefficient (Wildman–Crippen LogP) is 3.56. The Morgan fingerprint density at radius 2 is 2.08 bits per heavy atom. The third-order valence-corrected chi connectivity index (χ3v) is 5.64. The summed E-state index contributed by atoms with van der Waals surface area (Å²) in [5.41, 5.74) is 8.36. The van der Waals surface area contributed by atoms with Crippen molar-refractivity contribution in [2.45, 2.75) is 38.3 Å². The molecule has 1 aromatic carbocycles. The number of methoxy groups -OCH3 is 1. The SMILES string of the molecule is COc1ccc(-c2csc(CNC(=O)C[C@@H]3CCC[C@H]3N)c2)cc1. The first-order chi connectivity index (χ1) is 11.7. The molecule has 0 bridgehead atoms. The summed E-state index contributed by atoms with van der Waals surface area (Å²) < 4.78 is 5.18. The van der Waals surface area contributed by atoms with Crippen LogP contribution in [0.2, 0.25) is 0 Å². The molecule has 3 rings (SSSR count). The van der Waals surface area contributed by atoms with E-state index in [4.69, 9.17) is 10.5 Å². The van der Waals surface area contributed by atoms with E-state index in [1.807, 2.05) is 24.3 Å². The van der Waals surface area contributed by atoms with Gasteiger partial charge in [-0.15, -0.1) is 11.3 Å². The topological polar surface area (TPSA) is 64.3 Å². The predicted molar refractivity (Wildman–Crippen MR) is 98.1 cm³/mol. The van der Waals surface area contributed by atoms with Gasteiger partial charge in [0.25, 0.3) is 0 Å². The van der Waals surface area contributed by atoms with Gasteiger partial charge >= 0.3 is 0 Å². The van der Waals surface area contributed by atoms with Gasteiger partial charge in [-0.25, -0.2) is 0 Å². The largest absolute Gasteiger partial charge is 0.497 e. The summed E-state index contributed by atoms with van der Waals surface area (Å²) in [6, 6.07) is 10.3. The molecule has 1 heterocycles. The summed E-state index contributed by atoms with van der Waals surface area (Å²) in [7, 11) is 1.67. The van der Waals surface area contributed by atoms with Gasteiger partial charge in [0.15, 0.2) is 0 Å². The van der Waals surface area contributed by atoms with Crippen molar-refractivity contribution in [3.63, 3.8) is 0 Å². The van der Waals surface area contributed by atoms with Crippen LogP contribution in [-0.4, -0.2) is 19.1 Å². The molecular weight excluding hydrogens is 320 g/mol. The van der Waals surface area contributed by atoms with Crippen molar-refractivity contribution in [3.05, 3.63) is 40.6 Å². The van der Waals surface area contributed by atoms with E-state index < -0.39 is 0 Å². The quantitative estimate of drug-likeness (QED) is 0.842. The Balaban J connectivity index is 1.53. The van der Waals surface area contributed by atoms with E-state index >= 15 is 0 Å². The summed E-state index contributed by atoms with van der Waals surface area (Å²) in [5.74, 6) is 1.31. The maximum atomic E-state index is 12.1. The Hall–Kier alpha value is -1.85. The number of carbonyl (C=O) groups is 1. The number of nitrogens with one attached hydrogen (secondary N) is 1. The van der Waals surface area contributed by atoms with Crippen LogP contribution in [0, 0.1) is 5.92 Å². The van der Waals surface area contributed by atoms with Gasteiger partial charge in [0, 0.05) is 17.3 Å². The third kappa shape index (κ3) is 4.16. The molecule has 2 atom stereocenters. The number of nitrogens with two attached hydrogens (primary N) is 1. The van der Waals surface area contributed by atoms with Gasteiger partial charge in [-0.2, -0.15) is 0 Å². The molecule has 0 spiro atoms. The summed E-state index contributed by atoms with van der Waals surface area (Å²) in [5, 5.41) is 5.15. The number of ether oxygens (including phenoxy) is 1. The lowest BCUT2D eigenvalue weighted by molar-refractivity contribution is -0.122. The van der Waals surface area contributed by atoms with Crippen LogP contribution >= 0.6 is 11.3 Å². The minimum atomic E-state index is 0.108. The van der Waals surface area contributed by atoms with Crippen molar-refractivity contribution in [1.29, 1.82) is 0 Å². The summed E-state index contributed by atoms with van der Waals surface area (Å²) in [4.78, 5) is 13.2. The minimum absolute atomic E-state index is 0.108. The van der Waals surface area contributed by atoms with Gasteiger partial charge in [0.05, 0.1) is 13.7 Å². The van der Waals surface area contributed by atoms with Gasteiger partial charge < -0.3 is 15.8 Å². The fourth-order valence-electron chi connectivity index (χ4n) is 3.22. The lowest BCUT2D eigenvalue weighted by Gasteiger charge is -2.14. The van der Waals surface area contributed by atoms with Crippen LogP contribution in [0.5, 0.6) is 5.75 Å². The molecule has 0 aliphatic heterocycles. The number of amides is 1. The molecule has 0 saturated heterocycles. The second kappa shape index (κ2) is 7.81. The molecule has 3 N–H and O–H groups in total. The molecular formula is C19H24N2O2S. The summed E-state index contributed by atoms with van der Waals surface area (Å²) in [6.07, 6.45) is 3.83. The standard InChI is InChI=1S/C19H24N2O2S/c1-23-16-7-5-13(6-8-16)15-9-17(24-12-15)11-21-19(22)10-14-3-2-4-18(14)20/h5-9,12,14,18H,2-4,10-11,20H2,1H3,(H,21,22)/t14-,18+/m0/s1. The van der Waals surface area contributed by atoms with Crippen molar-refractivity contribution in [2.75, 3.05) is 7.11 Å². The van der Waals surface area contributed by atoms with Gasteiger partial charge in [-0.3, -0.25) is 4.79 Å². The van der Waals surface area contributed by atoms with E-state index in [2.05, 4.69) is 16.8 Å². The molecule has 24 heavy (non-hydrogen) atoms. The molecule has 1 aromatic heterocycles. The average molecular weight is 344 g/mol. The van der Waals surface area contributed by atoms with Gasteiger partial charge in [-0.05, 0) is 53.5 Å². The Morgan fingerprint density at radius 1 is 1.29 bits per heavy atom. The zero-order valence-electron chi connectivity index (χ0n) is 14.0. The van der Waals surface area contributed by atoms with E-state index in [9.17, 15) is 4.79 Å². The molecule has 4 nitrogen and oxygen atoms in total. The maximum absolute atomic E-state index is 12.1. The number of benzene rings is 1. The monoisotopic (exact) mass is 344 g/mol. The fourth-order valence-corrected chi connectivity index (χ4v) is 4.06. The molecule has 2 aromatic rings. The zero-order chi connectivity index (χ0) is 16.9. The summed E-state index contributed by atoms with van der Waals surface area (Å²) in [6.45, 7) is 0.585. The van der Waals surface area contributed by atoms with Crippen molar-refractivity contribution in [3.8, 4) is 16.9 Å². The second-order valence-electron chi connectivity index (χ2n) is 6.37. The zero-order valence-corrected chi connectivity index (χ0v) is 14.8. The molecule has 5 heteroatoms. The summed E-state index contributed by atoms with van der Waals surface area (Å²) >= 11 is 1.67. The van der Waals surface area contributed by atoms with E-state index in [1.54, 1.807) is 18.4 Å². The highest BCUT2D eigenvalue weighted by atomic mass is 32.1. The Labute approximate surface area is 147 Å². The first-order valence-corrected chi connectivity index (χ1v) is 9.28. The molecule has 1 saturated carbocycles. The minimum Gasteiger partial charge on any atom is -0.497 e. The third-order valence-electron chi connectivity index (χ3n) is 4.70. The van der Waals surface area contributed by atoms with Crippen LogP contribution in [0.3, 0.4) is 0 Å². The Bertz CT molecular complexity index is 681. The molecule has 1 fully saturated rings. The van der Waals surface area contributed by atoms with Crippen molar-refractivity contribution >= 4 is 17.2 Å². The Kier molecular flexibility index (Phi) is 5.53. The number of thiophene rings is 1. The van der Waals surface area contributed by atoms with Crippen LogP contribution in [0.15, 0.2) is 35.7 Å². The molecule has 1 aliphatic rings. The molecule has 0 radical (unpaired) electrons. The smallest absolute Gasteiger partial charge is 0.220 e. The fraction of sp³-hybridized carbons (Fsp3) is 0.421. The average Bonchev–Trinajstić information content (AvgIpc) is 3.23. The number of rotatable bonds is 6. The van der Waals surface area contributed by atoms with Gasteiger partial charge in [-0.1, -0.05) is 18.6 Å². The van der Waals surface area contributed by atoms with Crippen LogP contribution < -0.4 is 15.8 Å². The van der Waals surface area contributed by atoms with Gasteiger partial charge in [0.2, 0.25) is 5.91 Å². The maximum Gasteiger partial charge on any atom is 0.220 e. The van der Waals surface area contributed by atoms with Crippen LogP contribution in [0.4, 0.5) is 0 Å². The highest BCUT2D eigenvalue weighted by molar-refractivity contribution is 7.10. The second-order valence-corrected chi connectivity index (χ2v) is 7.36. The van der Waals surface area contributed by atoms with Crippen molar-refractivity contribution in [2.24, 2.45) is 11.7 Å². The molecule has 0 unspecified atom stereocenters. The lowest BCUT2D eigenvalue weighted by Crippen LogP contribution is -2.31. The van der Waals surface area contributed by atoms with Gasteiger partial charge in [0.1, 0.15) is 5.75 Å². The number of carbonyl (C=O) groups excluding carboxylic acids is 1. The van der Waals surface area contributed by atoms with Crippen LogP contribution in [0.25, 0.3) is 11.1 Å².